The van der Waals surface area contributed by atoms with Crippen molar-refractivity contribution < 1.29 is 9.53 Å². The van der Waals surface area contributed by atoms with E-state index in [0.717, 1.165) is 16.8 Å². The third-order valence-electron chi connectivity index (χ3n) is 3.79. The molecular weight excluding hydrogens is 282 g/mol. The van der Waals surface area contributed by atoms with E-state index in [4.69, 9.17) is 10.5 Å². The zero-order valence-corrected chi connectivity index (χ0v) is 12.7. The molecule has 0 spiro atoms. The number of aromatic nitrogens is 3. The summed E-state index contributed by atoms with van der Waals surface area (Å²) in [6.07, 6.45) is 0. The molecule has 7 nitrogen and oxygen atoms in total. The Morgan fingerprint density at radius 3 is 2.68 bits per heavy atom. The van der Waals surface area contributed by atoms with Crippen molar-refractivity contribution in [3.8, 4) is 5.69 Å². The molecule has 0 bridgehead atoms. The van der Waals surface area contributed by atoms with Crippen molar-refractivity contribution >= 4 is 11.7 Å². The maximum atomic E-state index is 12.5. The van der Waals surface area contributed by atoms with Crippen LogP contribution >= 0.6 is 0 Å². The fourth-order valence-electron chi connectivity index (χ4n) is 2.58. The lowest BCUT2D eigenvalue weighted by atomic mass is 10.1. The number of carbonyl (C=O) groups excluding carboxylic acids is 1. The zero-order chi connectivity index (χ0) is 15.7. The molecule has 0 aliphatic carbocycles. The van der Waals surface area contributed by atoms with Crippen molar-refractivity contribution in [1.29, 1.82) is 0 Å². The molecule has 0 atom stereocenters. The van der Waals surface area contributed by atoms with Crippen LogP contribution in [0.4, 0.5) is 5.82 Å². The molecule has 1 aliphatic heterocycles. The van der Waals surface area contributed by atoms with Crippen LogP contribution in [0, 0.1) is 13.8 Å². The van der Waals surface area contributed by atoms with Crippen LogP contribution in [0.2, 0.25) is 0 Å². The molecular formula is C15H19N5O2. The van der Waals surface area contributed by atoms with E-state index in [1.807, 2.05) is 32.0 Å². The number of hydrogen-bond acceptors (Lipinski definition) is 5. The van der Waals surface area contributed by atoms with Gasteiger partial charge in [0.25, 0.3) is 5.91 Å². The highest BCUT2D eigenvalue weighted by molar-refractivity contribution is 5.96. The summed E-state index contributed by atoms with van der Waals surface area (Å²) in [5.41, 5.74) is 9.32. The van der Waals surface area contributed by atoms with E-state index in [1.165, 1.54) is 4.68 Å². The Bertz CT molecular complexity index is 704. The summed E-state index contributed by atoms with van der Waals surface area (Å²) < 4.78 is 6.77. The van der Waals surface area contributed by atoms with Crippen LogP contribution in [0.15, 0.2) is 18.2 Å². The van der Waals surface area contributed by atoms with Crippen molar-refractivity contribution in [1.82, 2.24) is 19.9 Å². The monoisotopic (exact) mass is 301 g/mol. The normalized spacial score (nSPS) is 15.1. The highest BCUT2D eigenvalue weighted by Gasteiger charge is 2.25. The Balaban J connectivity index is 1.93. The smallest absolute Gasteiger partial charge is 0.278 e. The number of hydrogen-bond donors (Lipinski definition) is 1. The second kappa shape index (κ2) is 5.76. The van der Waals surface area contributed by atoms with Crippen LogP contribution in [0.25, 0.3) is 5.69 Å². The van der Waals surface area contributed by atoms with Gasteiger partial charge in [-0.2, -0.15) is 4.68 Å². The van der Waals surface area contributed by atoms with Gasteiger partial charge >= 0.3 is 0 Å². The molecule has 1 fully saturated rings. The molecule has 1 saturated heterocycles. The van der Waals surface area contributed by atoms with Gasteiger partial charge < -0.3 is 15.4 Å². The number of carbonyl (C=O) groups is 1. The van der Waals surface area contributed by atoms with E-state index in [9.17, 15) is 4.79 Å². The van der Waals surface area contributed by atoms with Crippen LogP contribution in [0.1, 0.15) is 21.6 Å². The van der Waals surface area contributed by atoms with E-state index in [2.05, 4.69) is 10.3 Å². The van der Waals surface area contributed by atoms with E-state index in [-0.39, 0.29) is 17.4 Å². The lowest BCUT2D eigenvalue weighted by molar-refractivity contribution is 0.0299. The zero-order valence-electron chi connectivity index (χ0n) is 12.7. The second-order valence-corrected chi connectivity index (χ2v) is 5.43. The summed E-state index contributed by atoms with van der Waals surface area (Å²) in [6, 6.07) is 5.95. The Hall–Kier alpha value is -2.41. The predicted octanol–water partition coefficient (Wildman–Crippen LogP) is 0.939. The molecule has 0 radical (unpaired) electrons. The van der Waals surface area contributed by atoms with Crippen LogP contribution in [0.3, 0.4) is 0 Å². The van der Waals surface area contributed by atoms with E-state index >= 15 is 0 Å². The first-order chi connectivity index (χ1) is 10.6. The van der Waals surface area contributed by atoms with Crippen molar-refractivity contribution in [2.24, 2.45) is 0 Å². The molecule has 1 aliphatic rings. The van der Waals surface area contributed by atoms with Crippen molar-refractivity contribution in [3.05, 3.63) is 35.0 Å². The Labute approximate surface area is 128 Å². The van der Waals surface area contributed by atoms with Crippen molar-refractivity contribution in [2.45, 2.75) is 13.8 Å². The van der Waals surface area contributed by atoms with Gasteiger partial charge in [0.1, 0.15) is 0 Å². The minimum atomic E-state index is -0.197. The average Bonchev–Trinajstić information content (AvgIpc) is 2.89. The van der Waals surface area contributed by atoms with Gasteiger partial charge in [-0.05, 0) is 25.5 Å². The van der Waals surface area contributed by atoms with Crippen molar-refractivity contribution in [2.75, 3.05) is 32.0 Å². The lowest BCUT2D eigenvalue weighted by Gasteiger charge is -2.26. The number of rotatable bonds is 2. The number of aryl methyl sites for hydroxylation is 2. The molecule has 7 heteroatoms. The van der Waals surface area contributed by atoms with Gasteiger partial charge in [-0.1, -0.05) is 22.9 Å². The van der Waals surface area contributed by atoms with Crippen LogP contribution in [-0.2, 0) is 4.74 Å². The fourth-order valence-corrected chi connectivity index (χ4v) is 2.58. The van der Waals surface area contributed by atoms with Gasteiger partial charge in [0.05, 0.1) is 18.9 Å². The van der Waals surface area contributed by atoms with Crippen LogP contribution in [-0.4, -0.2) is 52.1 Å². The largest absolute Gasteiger partial charge is 0.382 e. The maximum absolute atomic E-state index is 12.5. The fraction of sp³-hybridized carbons (Fsp3) is 0.400. The van der Waals surface area contributed by atoms with Gasteiger partial charge in [0.2, 0.25) is 0 Å². The summed E-state index contributed by atoms with van der Waals surface area (Å²) in [4.78, 5) is 14.2. The molecule has 1 aromatic carbocycles. The predicted molar refractivity (Wildman–Crippen MR) is 82.0 cm³/mol. The molecule has 3 rings (SSSR count). The van der Waals surface area contributed by atoms with Gasteiger partial charge in [-0.25, -0.2) is 0 Å². The van der Waals surface area contributed by atoms with Gasteiger partial charge in [-0.3, -0.25) is 4.79 Å². The number of nitrogens with zero attached hydrogens (tertiary/aromatic N) is 4. The molecule has 22 heavy (non-hydrogen) atoms. The highest BCUT2D eigenvalue weighted by Crippen LogP contribution is 2.20. The standard InChI is InChI=1S/C15H19N5O2/c1-10-3-4-12(11(2)9-10)20-14(16)13(17-18-20)15(21)19-5-7-22-8-6-19/h3-4,9H,5-8,16H2,1-2H3. The van der Waals surface area contributed by atoms with E-state index in [1.54, 1.807) is 4.90 Å². The topological polar surface area (TPSA) is 86.3 Å². The summed E-state index contributed by atoms with van der Waals surface area (Å²) in [5, 5.41) is 8.04. The second-order valence-electron chi connectivity index (χ2n) is 5.43. The van der Waals surface area contributed by atoms with Crippen LogP contribution in [0.5, 0.6) is 0 Å². The molecule has 0 saturated carbocycles. The lowest BCUT2D eigenvalue weighted by Crippen LogP contribution is -2.41. The third-order valence-corrected chi connectivity index (χ3v) is 3.79. The van der Waals surface area contributed by atoms with Crippen LogP contribution < -0.4 is 5.73 Å². The Morgan fingerprint density at radius 1 is 1.27 bits per heavy atom. The Kier molecular flexibility index (Phi) is 3.81. The number of morpholine rings is 1. The van der Waals surface area contributed by atoms with E-state index < -0.39 is 0 Å². The summed E-state index contributed by atoms with van der Waals surface area (Å²) in [6.45, 7) is 6.18. The quantitative estimate of drug-likeness (QED) is 0.892. The SMILES string of the molecule is Cc1ccc(-n2nnc(C(=O)N3CCOCC3)c2N)c(C)c1. The van der Waals surface area contributed by atoms with Crippen molar-refractivity contribution in [3.63, 3.8) is 0 Å². The molecule has 1 aromatic heterocycles. The highest BCUT2D eigenvalue weighted by atomic mass is 16.5. The minimum Gasteiger partial charge on any atom is -0.382 e. The first kappa shape index (κ1) is 14.5. The summed E-state index contributed by atoms with van der Waals surface area (Å²) in [5.74, 6) is 0.0697. The number of nitrogen functional groups attached to an aromatic ring is 1. The minimum absolute atomic E-state index is 0.196. The number of ether oxygens (including phenoxy) is 1. The molecule has 2 N–H and O–H groups in total. The van der Waals surface area contributed by atoms with Gasteiger partial charge in [-0.15, -0.1) is 5.10 Å². The number of nitrogens with two attached hydrogens (primary N) is 1. The summed E-state index contributed by atoms with van der Waals surface area (Å²) >= 11 is 0. The average molecular weight is 301 g/mol. The molecule has 2 heterocycles. The number of amides is 1. The first-order valence-electron chi connectivity index (χ1n) is 7.24. The van der Waals surface area contributed by atoms with Gasteiger partial charge in [0.15, 0.2) is 11.5 Å². The van der Waals surface area contributed by atoms with E-state index in [0.29, 0.717) is 26.3 Å². The molecule has 116 valence electrons. The number of anilines is 1. The maximum Gasteiger partial charge on any atom is 0.278 e. The first-order valence-corrected chi connectivity index (χ1v) is 7.24. The Morgan fingerprint density at radius 2 is 2.00 bits per heavy atom. The molecule has 2 aromatic rings. The molecule has 1 amide bonds. The third kappa shape index (κ3) is 2.55. The summed E-state index contributed by atoms with van der Waals surface area (Å²) in [7, 11) is 0. The van der Waals surface area contributed by atoms with Gasteiger partial charge in [0, 0.05) is 13.1 Å². The number of benzene rings is 1. The molecule has 0 unspecified atom stereocenters.